The average molecular weight is 170 g/mol. The van der Waals surface area contributed by atoms with Crippen molar-refractivity contribution >= 4 is 11.6 Å². The fourth-order valence-electron chi connectivity index (χ4n) is 1.34. The molecule has 11 heavy (non-hydrogen) atoms. The number of pyridine rings is 1. The zero-order chi connectivity index (χ0) is 7.84. The van der Waals surface area contributed by atoms with Crippen LogP contribution in [0.5, 0.6) is 0 Å². The van der Waals surface area contributed by atoms with E-state index in [-0.39, 0.29) is 6.10 Å². The Labute approximate surface area is 70.2 Å². The standard InChI is InChI=1S/C8H8ClNO/c1-5-7-6(4-11-5)2-3-10-8(7)9/h2-3,5H,4H2,1H3. The molecule has 1 aliphatic rings. The van der Waals surface area contributed by atoms with Crippen molar-refractivity contribution in [3.05, 3.63) is 28.5 Å². The molecule has 1 unspecified atom stereocenters. The summed E-state index contributed by atoms with van der Waals surface area (Å²) in [5.74, 6) is 0. The first kappa shape index (κ1) is 7.07. The van der Waals surface area contributed by atoms with Crippen LogP contribution in [0.3, 0.4) is 0 Å². The number of nitrogens with zero attached hydrogens (tertiary/aromatic N) is 1. The van der Waals surface area contributed by atoms with Crippen LogP contribution < -0.4 is 0 Å². The molecule has 1 atom stereocenters. The quantitative estimate of drug-likeness (QED) is 0.556. The third kappa shape index (κ3) is 1.03. The number of hydrogen-bond acceptors (Lipinski definition) is 2. The minimum atomic E-state index is 0.103. The first-order valence-corrected chi connectivity index (χ1v) is 3.91. The van der Waals surface area contributed by atoms with Crippen LogP contribution in [0.25, 0.3) is 0 Å². The van der Waals surface area contributed by atoms with Crippen LogP contribution in [-0.2, 0) is 11.3 Å². The van der Waals surface area contributed by atoms with Crippen LogP contribution in [0.1, 0.15) is 24.2 Å². The molecule has 2 rings (SSSR count). The first-order chi connectivity index (χ1) is 5.29. The Bertz CT molecular complexity index is 287. The van der Waals surface area contributed by atoms with Crippen molar-refractivity contribution in [2.45, 2.75) is 19.6 Å². The predicted molar refractivity (Wildman–Crippen MR) is 42.5 cm³/mol. The maximum absolute atomic E-state index is 5.87. The minimum Gasteiger partial charge on any atom is -0.369 e. The highest BCUT2D eigenvalue weighted by Gasteiger charge is 2.21. The number of hydrogen-bond donors (Lipinski definition) is 0. The zero-order valence-corrected chi connectivity index (χ0v) is 6.93. The summed E-state index contributed by atoms with van der Waals surface area (Å²) in [7, 11) is 0. The molecule has 0 bridgehead atoms. The van der Waals surface area contributed by atoms with Gasteiger partial charge in [-0.15, -0.1) is 0 Å². The van der Waals surface area contributed by atoms with Gasteiger partial charge in [-0.05, 0) is 18.6 Å². The summed E-state index contributed by atoms with van der Waals surface area (Å²) in [6.07, 6.45) is 1.81. The minimum absolute atomic E-state index is 0.103. The van der Waals surface area contributed by atoms with Crippen molar-refractivity contribution in [3.63, 3.8) is 0 Å². The molecule has 1 aliphatic heterocycles. The zero-order valence-electron chi connectivity index (χ0n) is 6.17. The van der Waals surface area contributed by atoms with E-state index >= 15 is 0 Å². The van der Waals surface area contributed by atoms with Gasteiger partial charge in [0.05, 0.1) is 12.7 Å². The van der Waals surface area contributed by atoms with E-state index in [1.807, 2.05) is 13.0 Å². The van der Waals surface area contributed by atoms with Gasteiger partial charge in [-0.2, -0.15) is 0 Å². The molecule has 0 N–H and O–H groups in total. The second-order valence-electron chi connectivity index (χ2n) is 2.63. The van der Waals surface area contributed by atoms with E-state index in [1.165, 1.54) is 0 Å². The van der Waals surface area contributed by atoms with Crippen LogP contribution in [0.4, 0.5) is 0 Å². The molecule has 1 aromatic heterocycles. The molecular weight excluding hydrogens is 162 g/mol. The highest BCUT2D eigenvalue weighted by molar-refractivity contribution is 6.30. The van der Waals surface area contributed by atoms with E-state index in [0.29, 0.717) is 11.8 Å². The van der Waals surface area contributed by atoms with Gasteiger partial charge in [0.15, 0.2) is 0 Å². The van der Waals surface area contributed by atoms with Crippen molar-refractivity contribution in [1.82, 2.24) is 4.98 Å². The Balaban J connectivity index is 2.58. The molecule has 58 valence electrons. The van der Waals surface area contributed by atoms with E-state index in [9.17, 15) is 0 Å². The van der Waals surface area contributed by atoms with Gasteiger partial charge in [0.1, 0.15) is 5.15 Å². The van der Waals surface area contributed by atoms with Crippen molar-refractivity contribution in [2.24, 2.45) is 0 Å². The molecule has 0 saturated carbocycles. The highest BCUT2D eigenvalue weighted by atomic mass is 35.5. The summed E-state index contributed by atoms with van der Waals surface area (Å²) in [6.45, 7) is 2.65. The van der Waals surface area contributed by atoms with Crippen molar-refractivity contribution in [2.75, 3.05) is 0 Å². The smallest absolute Gasteiger partial charge is 0.135 e. The number of halogens is 1. The Morgan fingerprint density at radius 2 is 2.55 bits per heavy atom. The Kier molecular flexibility index (Phi) is 1.59. The number of ether oxygens (including phenoxy) is 1. The summed E-state index contributed by atoms with van der Waals surface area (Å²) in [5.41, 5.74) is 2.21. The van der Waals surface area contributed by atoms with Crippen LogP contribution in [0.2, 0.25) is 5.15 Å². The third-order valence-electron chi connectivity index (χ3n) is 1.93. The molecule has 0 radical (unpaired) electrons. The molecule has 0 saturated heterocycles. The van der Waals surface area contributed by atoms with E-state index in [0.717, 1.165) is 11.1 Å². The number of fused-ring (bicyclic) bond motifs is 1. The summed E-state index contributed by atoms with van der Waals surface area (Å²) in [4.78, 5) is 3.99. The van der Waals surface area contributed by atoms with Crippen LogP contribution in [-0.4, -0.2) is 4.98 Å². The van der Waals surface area contributed by atoms with Gasteiger partial charge < -0.3 is 4.74 Å². The van der Waals surface area contributed by atoms with Crippen LogP contribution >= 0.6 is 11.6 Å². The van der Waals surface area contributed by atoms with E-state index in [4.69, 9.17) is 16.3 Å². The summed E-state index contributed by atoms with van der Waals surface area (Å²) >= 11 is 5.87. The van der Waals surface area contributed by atoms with Gasteiger partial charge in [-0.25, -0.2) is 4.98 Å². The van der Waals surface area contributed by atoms with Crippen molar-refractivity contribution in [1.29, 1.82) is 0 Å². The van der Waals surface area contributed by atoms with Gasteiger partial charge in [0, 0.05) is 11.8 Å². The molecule has 1 aromatic rings. The van der Waals surface area contributed by atoms with E-state index in [2.05, 4.69) is 4.98 Å². The van der Waals surface area contributed by atoms with Gasteiger partial charge in [-0.3, -0.25) is 0 Å². The van der Waals surface area contributed by atoms with Crippen molar-refractivity contribution in [3.8, 4) is 0 Å². The molecule has 0 aromatic carbocycles. The Morgan fingerprint density at radius 1 is 1.73 bits per heavy atom. The lowest BCUT2D eigenvalue weighted by atomic mass is 10.1. The van der Waals surface area contributed by atoms with Crippen molar-refractivity contribution < 1.29 is 4.74 Å². The number of rotatable bonds is 0. The number of aromatic nitrogens is 1. The third-order valence-corrected chi connectivity index (χ3v) is 2.23. The molecule has 2 nitrogen and oxygen atoms in total. The fourth-order valence-corrected chi connectivity index (χ4v) is 1.67. The molecule has 0 fully saturated rings. The molecule has 0 aliphatic carbocycles. The highest BCUT2D eigenvalue weighted by Crippen LogP contribution is 2.33. The second-order valence-corrected chi connectivity index (χ2v) is 2.99. The molecular formula is C8H8ClNO. The molecule has 2 heterocycles. The van der Waals surface area contributed by atoms with E-state index < -0.39 is 0 Å². The largest absolute Gasteiger partial charge is 0.369 e. The summed E-state index contributed by atoms with van der Waals surface area (Å²) < 4.78 is 5.38. The molecule has 3 heteroatoms. The maximum atomic E-state index is 5.87. The maximum Gasteiger partial charge on any atom is 0.135 e. The first-order valence-electron chi connectivity index (χ1n) is 3.54. The summed E-state index contributed by atoms with van der Waals surface area (Å²) in [6, 6.07) is 1.95. The second kappa shape index (κ2) is 2.47. The van der Waals surface area contributed by atoms with E-state index in [1.54, 1.807) is 6.20 Å². The monoisotopic (exact) mass is 169 g/mol. The van der Waals surface area contributed by atoms with Gasteiger partial charge in [0.2, 0.25) is 0 Å². The topological polar surface area (TPSA) is 22.1 Å². The lowest BCUT2D eigenvalue weighted by Gasteiger charge is -2.03. The lowest BCUT2D eigenvalue weighted by Crippen LogP contribution is -1.90. The predicted octanol–water partition coefficient (Wildman–Crippen LogP) is 2.33. The lowest BCUT2D eigenvalue weighted by molar-refractivity contribution is 0.0796. The summed E-state index contributed by atoms with van der Waals surface area (Å²) in [5, 5.41) is 0.576. The van der Waals surface area contributed by atoms with Crippen LogP contribution in [0, 0.1) is 0 Å². The normalized spacial score (nSPS) is 21.8. The molecule has 0 amide bonds. The van der Waals surface area contributed by atoms with Crippen LogP contribution in [0.15, 0.2) is 12.3 Å². The fraction of sp³-hybridized carbons (Fsp3) is 0.375. The van der Waals surface area contributed by atoms with Gasteiger partial charge in [-0.1, -0.05) is 11.6 Å². The molecule has 0 spiro atoms. The Hall–Kier alpha value is -0.600. The van der Waals surface area contributed by atoms with Gasteiger partial charge >= 0.3 is 0 Å². The SMILES string of the molecule is CC1OCc2ccnc(Cl)c21. The van der Waals surface area contributed by atoms with Gasteiger partial charge in [0.25, 0.3) is 0 Å². The average Bonchev–Trinajstić information content (AvgIpc) is 2.34. The Morgan fingerprint density at radius 3 is 3.27 bits per heavy atom.